The minimum absolute atomic E-state index is 0.0392. The number of hydrogen-bond donors (Lipinski definition) is 0. The third kappa shape index (κ3) is 3.56. The fraction of sp³-hybridized carbons (Fsp3) is 0.385. The number of Topliss-reactive ketones (excluding diaryl/α,β-unsaturated/α-hetero) is 1. The van der Waals surface area contributed by atoms with Gasteiger partial charge < -0.3 is 4.74 Å². The van der Waals surface area contributed by atoms with Gasteiger partial charge in [0.05, 0.1) is 12.2 Å². The fourth-order valence-electron chi connectivity index (χ4n) is 1.63. The Bertz CT molecular complexity index is 427. The molecule has 1 rings (SSSR count). The van der Waals surface area contributed by atoms with Crippen LogP contribution in [0.15, 0.2) is 18.2 Å². The molecule has 0 aliphatic carbocycles. The van der Waals surface area contributed by atoms with Gasteiger partial charge in [-0.05, 0) is 31.0 Å². The van der Waals surface area contributed by atoms with Crippen LogP contribution in [0.1, 0.15) is 35.3 Å². The van der Waals surface area contributed by atoms with Crippen molar-refractivity contribution in [2.45, 2.75) is 26.1 Å². The Morgan fingerprint density at radius 1 is 1.35 bits per heavy atom. The van der Waals surface area contributed by atoms with E-state index in [1.807, 2.05) is 6.07 Å². The second-order valence-corrected chi connectivity index (χ2v) is 3.94. The second-order valence-electron chi connectivity index (χ2n) is 3.68. The molecule has 3 nitrogen and oxygen atoms in total. The predicted octanol–water partition coefficient (Wildman–Crippen LogP) is 2.73. The van der Waals surface area contributed by atoms with Crippen LogP contribution >= 0.6 is 11.6 Å². The van der Waals surface area contributed by atoms with Crippen molar-refractivity contribution in [1.82, 2.24) is 0 Å². The van der Waals surface area contributed by atoms with Crippen molar-refractivity contribution in [2.75, 3.05) is 6.61 Å². The van der Waals surface area contributed by atoms with Gasteiger partial charge >= 0.3 is 5.97 Å². The highest BCUT2D eigenvalue weighted by molar-refractivity contribution is 6.17. The molecule has 0 aliphatic heterocycles. The Morgan fingerprint density at radius 2 is 2.06 bits per heavy atom. The van der Waals surface area contributed by atoms with Gasteiger partial charge in [-0.25, -0.2) is 4.79 Å². The van der Waals surface area contributed by atoms with E-state index in [1.165, 1.54) is 6.92 Å². The van der Waals surface area contributed by atoms with Gasteiger partial charge in [-0.3, -0.25) is 4.79 Å². The van der Waals surface area contributed by atoms with E-state index in [-0.39, 0.29) is 18.1 Å². The van der Waals surface area contributed by atoms with Crippen molar-refractivity contribution in [3.05, 3.63) is 34.9 Å². The van der Waals surface area contributed by atoms with Crippen molar-refractivity contribution in [3.8, 4) is 0 Å². The maximum Gasteiger partial charge on any atom is 0.338 e. The Labute approximate surface area is 106 Å². The minimum atomic E-state index is -0.395. The number of alkyl halides is 1. The topological polar surface area (TPSA) is 43.4 Å². The first-order valence-electron chi connectivity index (χ1n) is 5.43. The summed E-state index contributed by atoms with van der Waals surface area (Å²) in [5, 5.41) is 0. The summed E-state index contributed by atoms with van der Waals surface area (Å²) in [6, 6.07) is 5.21. The van der Waals surface area contributed by atoms with Crippen LogP contribution in [0.2, 0.25) is 0 Å². The molecule has 0 N–H and O–H groups in total. The molecule has 0 fully saturated rings. The zero-order chi connectivity index (χ0) is 12.8. The molecule has 0 aliphatic rings. The van der Waals surface area contributed by atoms with Crippen LogP contribution in [0, 0.1) is 0 Å². The number of ether oxygens (including phenoxy) is 1. The fourth-order valence-corrected chi connectivity index (χ4v) is 1.94. The highest BCUT2D eigenvalue weighted by atomic mass is 35.5. The van der Waals surface area contributed by atoms with Crippen LogP contribution in [0.3, 0.4) is 0 Å². The molecule has 0 saturated heterocycles. The molecule has 1 aromatic rings. The molecule has 0 unspecified atom stereocenters. The lowest BCUT2D eigenvalue weighted by atomic mass is 9.99. The largest absolute Gasteiger partial charge is 0.462 e. The van der Waals surface area contributed by atoms with Crippen molar-refractivity contribution in [2.24, 2.45) is 0 Å². The summed E-state index contributed by atoms with van der Waals surface area (Å²) in [6.07, 6.45) is 0.287. The van der Waals surface area contributed by atoms with E-state index in [2.05, 4.69) is 0 Å². The first-order chi connectivity index (χ1) is 8.10. The van der Waals surface area contributed by atoms with Crippen LogP contribution in [0.25, 0.3) is 0 Å². The quantitative estimate of drug-likeness (QED) is 0.599. The van der Waals surface area contributed by atoms with Gasteiger partial charge in [-0.15, -0.1) is 11.6 Å². The van der Waals surface area contributed by atoms with Gasteiger partial charge in [-0.1, -0.05) is 12.1 Å². The molecule has 1 aromatic carbocycles. The third-order valence-corrected chi connectivity index (χ3v) is 2.61. The van der Waals surface area contributed by atoms with E-state index in [0.29, 0.717) is 17.7 Å². The van der Waals surface area contributed by atoms with Crippen LogP contribution < -0.4 is 0 Å². The van der Waals surface area contributed by atoms with Crippen LogP contribution in [0.4, 0.5) is 0 Å². The lowest BCUT2D eigenvalue weighted by Gasteiger charge is -2.10. The zero-order valence-electron chi connectivity index (χ0n) is 9.96. The molecule has 0 saturated carbocycles. The molecule has 0 spiro atoms. The molecule has 0 aromatic heterocycles. The number of esters is 1. The van der Waals surface area contributed by atoms with Gasteiger partial charge in [0.1, 0.15) is 5.78 Å². The van der Waals surface area contributed by atoms with Crippen molar-refractivity contribution in [1.29, 1.82) is 0 Å². The number of ketones is 1. The minimum Gasteiger partial charge on any atom is -0.462 e. The maximum absolute atomic E-state index is 11.7. The van der Waals surface area contributed by atoms with Gasteiger partial charge in [-0.2, -0.15) is 0 Å². The van der Waals surface area contributed by atoms with Crippen molar-refractivity contribution < 1.29 is 14.3 Å². The molecule has 17 heavy (non-hydrogen) atoms. The molecule has 0 bridgehead atoms. The van der Waals surface area contributed by atoms with Crippen molar-refractivity contribution >= 4 is 23.4 Å². The zero-order valence-corrected chi connectivity index (χ0v) is 10.7. The van der Waals surface area contributed by atoms with Gasteiger partial charge in [0.25, 0.3) is 0 Å². The lowest BCUT2D eigenvalue weighted by molar-refractivity contribution is -0.116. The molecular formula is C13H15ClO3. The Morgan fingerprint density at radius 3 is 2.59 bits per heavy atom. The number of rotatable bonds is 5. The van der Waals surface area contributed by atoms with Gasteiger partial charge in [0.15, 0.2) is 0 Å². The molecular weight excluding hydrogens is 240 g/mol. The number of halogens is 1. The molecule has 92 valence electrons. The standard InChI is InChI=1S/C13H15ClO3/c1-3-17-13(16)11-6-4-5-10(7-9(2)15)12(11)8-14/h4-6H,3,7-8H2,1-2H3. The first kappa shape index (κ1) is 13.7. The summed E-state index contributed by atoms with van der Waals surface area (Å²) in [5.74, 6) is -0.164. The van der Waals surface area contributed by atoms with Gasteiger partial charge in [0, 0.05) is 12.3 Å². The van der Waals surface area contributed by atoms with Gasteiger partial charge in [0.2, 0.25) is 0 Å². The predicted molar refractivity (Wildman–Crippen MR) is 66.3 cm³/mol. The summed E-state index contributed by atoms with van der Waals surface area (Å²) < 4.78 is 4.95. The maximum atomic E-state index is 11.7. The summed E-state index contributed by atoms with van der Waals surface area (Å²) >= 11 is 5.85. The highest BCUT2D eigenvalue weighted by Gasteiger charge is 2.15. The summed E-state index contributed by atoms with van der Waals surface area (Å²) in [6.45, 7) is 3.57. The Balaban J connectivity index is 3.13. The van der Waals surface area contributed by atoms with E-state index >= 15 is 0 Å². The monoisotopic (exact) mass is 254 g/mol. The van der Waals surface area contributed by atoms with E-state index in [9.17, 15) is 9.59 Å². The average Bonchev–Trinajstić information content (AvgIpc) is 2.28. The van der Waals surface area contributed by atoms with E-state index in [4.69, 9.17) is 16.3 Å². The Hall–Kier alpha value is -1.35. The number of benzene rings is 1. The molecule has 0 atom stereocenters. The Kier molecular flexibility index (Phi) is 5.16. The molecule has 0 amide bonds. The second kappa shape index (κ2) is 6.40. The first-order valence-corrected chi connectivity index (χ1v) is 5.96. The molecule has 0 radical (unpaired) electrons. The van der Waals surface area contributed by atoms with E-state index in [1.54, 1.807) is 19.1 Å². The van der Waals surface area contributed by atoms with Crippen LogP contribution in [-0.4, -0.2) is 18.4 Å². The van der Waals surface area contributed by atoms with E-state index in [0.717, 1.165) is 5.56 Å². The highest BCUT2D eigenvalue weighted by Crippen LogP contribution is 2.19. The number of carbonyl (C=O) groups is 2. The smallest absolute Gasteiger partial charge is 0.338 e. The normalized spacial score (nSPS) is 10.1. The molecule has 4 heteroatoms. The lowest BCUT2D eigenvalue weighted by Crippen LogP contribution is -2.10. The SMILES string of the molecule is CCOC(=O)c1cccc(CC(C)=O)c1CCl. The third-order valence-electron chi connectivity index (χ3n) is 2.34. The summed E-state index contributed by atoms with van der Waals surface area (Å²) in [4.78, 5) is 22.8. The molecule has 0 heterocycles. The van der Waals surface area contributed by atoms with Crippen LogP contribution in [0.5, 0.6) is 0 Å². The average molecular weight is 255 g/mol. The van der Waals surface area contributed by atoms with Crippen LogP contribution in [-0.2, 0) is 21.8 Å². The summed E-state index contributed by atoms with van der Waals surface area (Å²) in [5.41, 5.74) is 1.92. The number of hydrogen-bond acceptors (Lipinski definition) is 3. The van der Waals surface area contributed by atoms with Crippen molar-refractivity contribution in [3.63, 3.8) is 0 Å². The summed E-state index contributed by atoms with van der Waals surface area (Å²) in [7, 11) is 0. The van der Waals surface area contributed by atoms with E-state index < -0.39 is 5.97 Å². The number of carbonyl (C=O) groups excluding carboxylic acids is 2.